The van der Waals surface area contributed by atoms with Crippen LogP contribution in [0.4, 0.5) is 0 Å². The van der Waals surface area contributed by atoms with Crippen LogP contribution in [0.15, 0.2) is 30.3 Å². The first-order chi connectivity index (χ1) is 6.68. The van der Waals surface area contributed by atoms with Crippen molar-refractivity contribution in [1.29, 1.82) is 0 Å². The van der Waals surface area contributed by atoms with Crippen LogP contribution in [-0.4, -0.2) is 9.78 Å². The number of rotatable bonds is 1. The molecule has 0 N–H and O–H groups in total. The zero-order valence-electron chi connectivity index (χ0n) is 8.16. The lowest BCUT2D eigenvalue weighted by Gasteiger charge is -1.98. The van der Waals surface area contributed by atoms with Gasteiger partial charge in [-0.2, -0.15) is 5.10 Å². The summed E-state index contributed by atoms with van der Waals surface area (Å²) in [5.41, 5.74) is 3.04. The number of hydrogen-bond acceptors (Lipinski definition) is 1. The first-order valence-electron chi connectivity index (χ1n) is 4.44. The molecule has 0 spiro atoms. The first-order valence-corrected chi connectivity index (χ1v) is 4.82. The van der Waals surface area contributed by atoms with Crippen LogP contribution in [0.5, 0.6) is 0 Å². The Kier molecular flexibility index (Phi) is 2.30. The maximum absolute atomic E-state index is 6.07. The molecule has 0 amide bonds. The summed E-state index contributed by atoms with van der Waals surface area (Å²) in [5, 5.41) is 5.11. The Bertz CT molecular complexity index is 441. The van der Waals surface area contributed by atoms with Crippen molar-refractivity contribution in [2.45, 2.75) is 6.92 Å². The number of nitrogens with zero attached hydrogens (tertiary/aromatic N) is 2. The summed E-state index contributed by atoms with van der Waals surface area (Å²) >= 11 is 6.07. The number of benzene rings is 1. The Morgan fingerprint density at radius 1 is 1.29 bits per heavy atom. The Labute approximate surface area is 88.1 Å². The summed E-state index contributed by atoms with van der Waals surface area (Å²) in [6.07, 6.45) is 0. The van der Waals surface area contributed by atoms with Gasteiger partial charge in [0, 0.05) is 18.3 Å². The first kappa shape index (κ1) is 9.28. The molecule has 3 heteroatoms. The fraction of sp³-hybridized carbons (Fsp3) is 0.182. The quantitative estimate of drug-likeness (QED) is 0.701. The predicted octanol–water partition coefficient (Wildman–Crippen LogP) is 3.05. The summed E-state index contributed by atoms with van der Waals surface area (Å²) in [7, 11) is 1.93. The van der Waals surface area contributed by atoms with Gasteiger partial charge < -0.3 is 0 Å². The standard InChI is InChI=1S/C11H11ClN2/c1-8-7-11(13-14(8)2)9-5-3-4-6-10(9)12/h3-7H,1-2H3. The van der Waals surface area contributed by atoms with Crippen molar-refractivity contribution >= 4 is 11.6 Å². The molecule has 0 aliphatic carbocycles. The van der Waals surface area contributed by atoms with E-state index in [1.807, 2.05) is 49.0 Å². The minimum atomic E-state index is 0.741. The summed E-state index contributed by atoms with van der Waals surface area (Å²) in [4.78, 5) is 0. The Morgan fingerprint density at radius 3 is 2.57 bits per heavy atom. The van der Waals surface area contributed by atoms with Gasteiger partial charge in [0.1, 0.15) is 0 Å². The molecule has 0 atom stereocenters. The van der Waals surface area contributed by atoms with Crippen LogP contribution in [0.3, 0.4) is 0 Å². The summed E-state index contributed by atoms with van der Waals surface area (Å²) < 4.78 is 1.85. The highest BCUT2D eigenvalue weighted by Crippen LogP contribution is 2.26. The van der Waals surface area contributed by atoms with Crippen molar-refractivity contribution in [2.24, 2.45) is 7.05 Å². The summed E-state index contributed by atoms with van der Waals surface area (Å²) in [6.45, 7) is 2.02. The molecule has 14 heavy (non-hydrogen) atoms. The molecule has 0 unspecified atom stereocenters. The lowest BCUT2D eigenvalue weighted by molar-refractivity contribution is 0.743. The molecule has 0 saturated heterocycles. The Balaban J connectivity index is 2.55. The molecule has 0 saturated carbocycles. The van der Waals surface area contributed by atoms with E-state index in [0.29, 0.717) is 0 Å². The van der Waals surface area contributed by atoms with Crippen molar-refractivity contribution in [2.75, 3.05) is 0 Å². The van der Waals surface area contributed by atoms with Crippen LogP contribution in [0.25, 0.3) is 11.3 Å². The third kappa shape index (κ3) is 1.53. The van der Waals surface area contributed by atoms with E-state index in [4.69, 9.17) is 11.6 Å². The molecule has 2 rings (SSSR count). The Morgan fingerprint density at radius 2 is 2.00 bits per heavy atom. The highest BCUT2D eigenvalue weighted by molar-refractivity contribution is 6.33. The van der Waals surface area contributed by atoms with Gasteiger partial charge in [-0.05, 0) is 19.1 Å². The monoisotopic (exact) mass is 206 g/mol. The molecule has 1 heterocycles. The van der Waals surface area contributed by atoms with E-state index in [1.54, 1.807) is 0 Å². The molecular formula is C11H11ClN2. The van der Waals surface area contributed by atoms with Gasteiger partial charge in [0.15, 0.2) is 0 Å². The summed E-state index contributed by atoms with van der Waals surface area (Å²) in [5.74, 6) is 0. The van der Waals surface area contributed by atoms with Crippen LogP contribution < -0.4 is 0 Å². The Hall–Kier alpha value is -1.28. The van der Waals surface area contributed by atoms with Gasteiger partial charge in [-0.15, -0.1) is 0 Å². The van der Waals surface area contributed by atoms with Gasteiger partial charge in [0.2, 0.25) is 0 Å². The number of halogens is 1. The maximum Gasteiger partial charge on any atom is 0.0940 e. The molecule has 0 fully saturated rings. The topological polar surface area (TPSA) is 17.8 Å². The lowest BCUT2D eigenvalue weighted by Crippen LogP contribution is -1.92. The second-order valence-electron chi connectivity index (χ2n) is 3.27. The molecule has 0 aliphatic rings. The van der Waals surface area contributed by atoms with Crippen LogP contribution in [0.1, 0.15) is 5.69 Å². The third-order valence-electron chi connectivity index (χ3n) is 2.26. The average molecular weight is 207 g/mol. The van der Waals surface area contributed by atoms with Crippen LogP contribution in [0.2, 0.25) is 5.02 Å². The number of aromatic nitrogens is 2. The minimum Gasteiger partial charge on any atom is -0.272 e. The van der Waals surface area contributed by atoms with Crippen LogP contribution in [-0.2, 0) is 7.05 Å². The van der Waals surface area contributed by atoms with Crippen molar-refractivity contribution in [1.82, 2.24) is 9.78 Å². The van der Waals surface area contributed by atoms with Crippen molar-refractivity contribution in [3.63, 3.8) is 0 Å². The van der Waals surface area contributed by atoms with Gasteiger partial charge in [-0.3, -0.25) is 4.68 Å². The van der Waals surface area contributed by atoms with Crippen molar-refractivity contribution in [3.05, 3.63) is 41.0 Å². The normalized spacial score (nSPS) is 10.5. The van der Waals surface area contributed by atoms with E-state index in [9.17, 15) is 0 Å². The van der Waals surface area contributed by atoms with Crippen LogP contribution in [0, 0.1) is 6.92 Å². The zero-order valence-corrected chi connectivity index (χ0v) is 8.92. The smallest absolute Gasteiger partial charge is 0.0940 e. The average Bonchev–Trinajstić information content (AvgIpc) is 2.48. The van der Waals surface area contributed by atoms with Crippen molar-refractivity contribution < 1.29 is 0 Å². The lowest BCUT2D eigenvalue weighted by atomic mass is 10.1. The van der Waals surface area contributed by atoms with E-state index < -0.39 is 0 Å². The minimum absolute atomic E-state index is 0.741. The van der Waals surface area contributed by atoms with Gasteiger partial charge in [-0.25, -0.2) is 0 Å². The number of aryl methyl sites for hydroxylation is 2. The van der Waals surface area contributed by atoms with Crippen molar-refractivity contribution in [3.8, 4) is 11.3 Å². The molecule has 1 aromatic carbocycles. The molecule has 0 aliphatic heterocycles. The van der Waals surface area contributed by atoms with E-state index >= 15 is 0 Å². The van der Waals surface area contributed by atoms with Gasteiger partial charge in [0.25, 0.3) is 0 Å². The largest absolute Gasteiger partial charge is 0.272 e. The molecule has 0 radical (unpaired) electrons. The van der Waals surface area contributed by atoms with E-state index in [0.717, 1.165) is 22.0 Å². The molecule has 0 bridgehead atoms. The molecule has 2 aromatic rings. The molecule has 1 aromatic heterocycles. The van der Waals surface area contributed by atoms with Gasteiger partial charge in [-0.1, -0.05) is 29.8 Å². The second kappa shape index (κ2) is 3.46. The predicted molar refractivity (Wildman–Crippen MR) is 58.4 cm³/mol. The van der Waals surface area contributed by atoms with Gasteiger partial charge >= 0.3 is 0 Å². The fourth-order valence-electron chi connectivity index (χ4n) is 1.36. The van der Waals surface area contributed by atoms with E-state index in [2.05, 4.69) is 5.10 Å². The summed E-state index contributed by atoms with van der Waals surface area (Å²) in [6, 6.07) is 9.76. The number of hydrogen-bond donors (Lipinski definition) is 0. The highest BCUT2D eigenvalue weighted by atomic mass is 35.5. The molecule has 2 nitrogen and oxygen atoms in total. The molecule has 72 valence electrons. The zero-order chi connectivity index (χ0) is 10.1. The SMILES string of the molecule is Cc1cc(-c2ccccc2Cl)nn1C. The fourth-order valence-corrected chi connectivity index (χ4v) is 1.59. The molecular weight excluding hydrogens is 196 g/mol. The second-order valence-corrected chi connectivity index (χ2v) is 3.68. The van der Waals surface area contributed by atoms with E-state index in [1.165, 1.54) is 0 Å². The van der Waals surface area contributed by atoms with E-state index in [-0.39, 0.29) is 0 Å². The third-order valence-corrected chi connectivity index (χ3v) is 2.59. The maximum atomic E-state index is 6.07. The van der Waals surface area contributed by atoms with Crippen LogP contribution >= 0.6 is 11.6 Å². The van der Waals surface area contributed by atoms with Gasteiger partial charge in [0.05, 0.1) is 10.7 Å². The highest BCUT2D eigenvalue weighted by Gasteiger charge is 2.06.